The smallest absolute Gasteiger partial charge is 0.128 e. The Morgan fingerprint density at radius 2 is 2.00 bits per heavy atom. The van der Waals surface area contributed by atoms with Crippen LogP contribution in [0.5, 0.6) is 0 Å². The topological polar surface area (TPSA) is 37.0 Å². The molecule has 0 radical (unpaired) electrons. The fourth-order valence-corrected chi connectivity index (χ4v) is 2.12. The maximum absolute atomic E-state index is 4.47. The van der Waals surface area contributed by atoms with E-state index in [0.717, 1.165) is 24.7 Å². The predicted molar refractivity (Wildman–Crippen MR) is 74.4 cm³/mol. The molecule has 1 atom stereocenters. The summed E-state index contributed by atoms with van der Waals surface area (Å²) in [6.07, 6.45) is 2.14. The molecule has 0 saturated carbocycles. The SMILES string of the molecule is CCNc1cccc(NCC(C)CSC)n1. The van der Waals surface area contributed by atoms with Crippen LogP contribution in [-0.4, -0.2) is 30.1 Å². The van der Waals surface area contributed by atoms with Gasteiger partial charge in [0.15, 0.2) is 0 Å². The van der Waals surface area contributed by atoms with E-state index in [1.54, 1.807) is 0 Å². The first-order valence-corrected chi connectivity index (χ1v) is 7.09. The third-order valence-electron chi connectivity index (χ3n) is 2.19. The molecule has 0 bridgehead atoms. The summed E-state index contributed by atoms with van der Waals surface area (Å²) in [5.74, 6) is 3.73. The number of nitrogens with one attached hydrogen (secondary N) is 2. The summed E-state index contributed by atoms with van der Waals surface area (Å²) in [5.41, 5.74) is 0. The van der Waals surface area contributed by atoms with Gasteiger partial charge in [0.25, 0.3) is 0 Å². The summed E-state index contributed by atoms with van der Waals surface area (Å²) in [5, 5.41) is 6.57. The number of rotatable bonds is 7. The van der Waals surface area contributed by atoms with Crippen LogP contribution in [0.4, 0.5) is 11.6 Å². The summed E-state index contributed by atoms with van der Waals surface area (Å²) in [6, 6.07) is 6.01. The van der Waals surface area contributed by atoms with Gasteiger partial charge in [0, 0.05) is 13.1 Å². The molecule has 4 heteroatoms. The lowest BCUT2D eigenvalue weighted by Gasteiger charge is -2.12. The number of anilines is 2. The summed E-state index contributed by atoms with van der Waals surface area (Å²) >= 11 is 1.88. The molecule has 1 aromatic heterocycles. The van der Waals surface area contributed by atoms with Gasteiger partial charge in [-0.3, -0.25) is 0 Å². The molecule has 0 aliphatic heterocycles. The monoisotopic (exact) mass is 239 g/mol. The Balaban J connectivity index is 2.44. The second-order valence-corrected chi connectivity index (χ2v) is 4.79. The lowest BCUT2D eigenvalue weighted by atomic mass is 10.2. The first-order valence-electron chi connectivity index (χ1n) is 5.70. The van der Waals surface area contributed by atoms with E-state index >= 15 is 0 Å². The third-order valence-corrected chi connectivity index (χ3v) is 3.09. The van der Waals surface area contributed by atoms with Crippen molar-refractivity contribution in [1.29, 1.82) is 0 Å². The highest BCUT2D eigenvalue weighted by Crippen LogP contribution is 2.10. The molecule has 90 valence electrons. The minimum absolute atomic E-state index is 0.666. The van der Waals surface area contributed by atoms with E-state index in [2.05, 4.69) is 35.7 Å². The zero-order valence-corrected chi connectivity index (χ0v) is 11.1. The molecular formula is C12H21N3S. The van der Waals surface area contributed by atoms with Gasteiger partial charge in [-0.2, -0.15) is 11.8 Å². The first kappa shape index (κ1) is 13.2. The zero-order chi connectivity index (χ0) is 11.8. The standard InChI is InChI=1S/C12H21N3S/c1-4-13-11-6-5-7-12(15-11)14-8-10(2)9-16-3/h5-7,10H,4,8-9H2,1-3H3,(H2,13,14,15). The molecule has 16 heavy (non-hydrogen) atoms. The van der Waals surface area contributed by atoms with Gasteiger partial charge in [-0.15, -0.1) is 0 Å². The van der Waals surface area contributed by atoms with Gasteiger partial charge >= 0.3 is 0 Å². The van der Waals surface area contributed by atoms with Gasteiger partial charge in [-0.25, -0.2) is 4.98 Å². The predicted octanol–water partition coefficient (Wildman–Crippen LogP) is 2.92. The summed E-state index contributed by atoms with van der Waals surface area (Å²) in [4.78, 5) is 4.47. The van der Waals surface area contributed by atoms with Crippen molar-refractivity contribution >= 4 is 23.4 Å². The minimum atomic E-state index is 0.666. The van der Waals surface area contributed by atoms with E-state index in [0.29, 0.717) is 5.92 Å². The van der Waals surface area contributed by atoms with Crippen molar-refractivity contribution in [2.24, 2.45) is 5.92 Å². The number of pyridine rings is 1. The first-order chi connectivity index (χ1) is 7.76. The van der Waals surface area contributed by atoms with Gasteiger partial charge in [-0.1, -0.05) is 13.0 Å². The summed E-state index contributed by atoms with van der Waals surface area (Å²) in [7, 11) is 0. The molecule has 0 aliphatic carbocycles. The average molecular weight is 239 g/mol. The van der Waals surface area contributed by atoms with Gasteiger partial charge in [0.05, 0.1) is 0 Å². The van der Waals surface area contributed by atoms with E-state index in [1.165, 1.54) is 5.75 Å². The molecule has 0 aliphatic rings. The van der Waals surface area contributed by atoms with Crippen LogP contribution in [0.15, 0.2) is 18.2 Å². The van der Waals surface area contributed by atoms with E-state index < -0.39 is 0 Å². The number of thioether (sulfide) groups is 1. The van der Waals surface area contributed by atoms with Gasteiger partial charge < -0.3 is 10.6 Å². The van der Waals surface area contributed by atoms with Gasteiger partial charge in [0.2, 0.25) is 0 Å². The Morgan fingerprint density at radius 3 is 2.62 bits per heavy atom. The fourth-order valence-electron chi connectivity index (χ4n) is 1.43. The third kappa shape index (κ3) is 4.75. The van der Waals surface area contributed by atoms with Crippen LogP contribution in [0.1, 0.15) is 13.8 Å². The van der Waals surface area contributed by atoms with E-state index in [4.69, 9.17) is 0 Å². The highest BCUT2D eigenvalue weighted by Gasteiger charge is 2.01. The second-order valence-electron chi connectivity index (χ2n) is 3.88. The Morgan fingerprint density at radius 1 is 1.31 bits per heavy atom. The van der Waals surface area contributed by atoms with Crippen molar-refractivity contribution in [3.05, 3.63) is 18.2 Å². The molecule has 2 N–H and O–H groups in total. The quantitative estimate of drug-likeness (QED) is 0.767. The van der Waals surface area contributed by atoms with Crippen molar-refractivity contribution < 1.29 is 0 Å². The number of hydrogen-bond donors (Lipinski definition) is 2. The van der Waals surface area contributed by atoms with E-state index in [1.807, 2.05) is 30.0 Å². The lowest BCUT2D eigenvalue weighted by Crippen LogP contribution is -2.14. The largest absolute Gasteiger partial charge is 0.370 e. The molecule has 1 rings (SSSR count). The molecule has 1 heterocycles. The highest BCUT2D eigenvalue weighted by molar-refractivity contribution is 7.98. The minimum Gasteiger partial charge on any atom is -0.370 e. The van der Waals surface area contributed by atoms with Gasteiger partial charge in [-0.05, 0) is 37.0 Å². The zero-order valence-electron chi connectivity index (χ0n) is 10.3. The van der Waals surface area contributed by atoms with Crippen LogP contribution in [0.25, 0.3) is 0 Å². The summed E-state index contributed by atoms with van der Waals surface area (Å²) < 4.78 is 0. The van der Waals surface area contributed by atoms with Crippen molar-refractivity contribution in [3.63, 3.8) is 0 Å². The molecule has 0 saturated heterocycles. The molecule has 0 aromatic carbocycles. The molecule has 3 nitrogen and oxygen atoms in total. The van der Waals surface area contributed by atoms with Crippen LogP contribution >= 0.6 is 11.8 Å². The number of aromatic nitrogens is 1. The maximum Gasteiger partial charge on any atom is 0.128 e. The Hall–Kier alpha value is -0.900. The highest BCUT2D eigenvalue weighted by atomic mass is 32.2. The van der Waals surface area contributed by atoms with Crippen LogP contribution in [0.2, 0.25) is 0 Å². The van der Waals surface area contributed by atoms with Crippen molar-refractivity contribution in [2.75, 3.05) is 35.7 Å². The molecule has 1 aromatic rings. The van der Waals surface area contributed by atoms with Crippen molar-refractivity contribution in [2.45, 2.75) is 13.8 Å². The van der Waals surface area contributed by atoms with Gasteiger partial charge in [0.1, 0.15) is 11.6 Å². The molecular weight excluding hydrogens is 218 g/mol. The normalized spacial score (nSPS) is 12.2. The van der Waals surface area contributed by atoms with Crippen molar-refractivity contribution in [3.8, 4) is 0 Å². The van der Waals surface area contributed by atoms with Crippen LogP contribution in [-0.2, 0) is 0 Å². The average Bonchev–Trinajstić information content (AvgIpc) is 2.28. The van der Waals surface area contributed by atoms with E-state index in [9.17, 15) is 0 Å². The Labute approximate surface area is 102 Å². The molecule has 0 spiro atoms. The maximum atomic E-state index is 4.47. The van der Waals surface area contributed by atoms with Crippen LogP contribution < -0.4 is 10.6 Å². The molecule has 1 unspecified atom stereocenters. The Bertz CT molecular complexity index is 304. The fraction of sp³-hybridized carbons (Fsp3) is 0.583. The van der Waals surface area contributed by atoms with Crippen LogP contribution in [0.3, 0.4) is 0 Å². The number of nitrogens with zero attached hydrogens (tertiary/aromatic N) is 1. The summed E-state index contributed by atoms with van der Waals surface area (Å²) in [6.45, 7) is 6.20. The molecule has 0 fully saturated rings. The molecule has 0 amide bonds. The van der Waals surface area contributed by atoms with Crippen molar-refractivity contribution in [1.82, 2.24) is 4.98 Å². The Kier molecular flexibility index (Phi) is 6.08. The van der Waals surface area contributed by atoms with E-state index in [-0.39, 0.29) is 0 Å². The van der Waals surface area contributed by atoms with Crippen LogP contribution in [0, 0.1) is 5.92 Å². The number of hydrogen-bond acceptors (Lipinski definition) is 4. The lowest BCUT2D eigenvalue weighted by molar-refractivity contribution is 0.699. The second kappa shape index (κ2) is 7.39.